The van der Waals surface area contributed by atoms with Crippen molar-refractivity contribution in [1.82, 2.24) is 10.2 Å². The fraction of sp³-hybridized carbons (Fsp3) is 0.867. The molecule has 1 rings (SSSR count). The summed E-state index contributed by atoms with van der Waals surface area (Å²) in [5.41, 5.74) is 0. The molecule has 17 heavy (non-hydrogen) atoms. The highest BCUT2D eigenvalue weighted by Gasteiger charge is 2.33. The number of nitrogens with zero attached hydrogens (tertiary/aromatic N) is 1. The van der Waals surface area contributed by atoms with E-state index in [2.05, 4.69) is 44.5 Å². The van der Waals surface area contributed by atoms with E-state index in [0.29, 0.717) is 12.0 Å². The minimum Gasteiger partial charge on any atom is -0.316 e. The van der Waals surface area contributed by atoms with Crippen molar-refractivity contribution in [3.8, 4) is 0 Å². The lowest BCUT2D eigenvalue weighted by molar-refractivity contribution is 0.167. The first-order valence-corrected chi connectivity index (χ1v) is 7.13. The van der Waals surface area contributed by atoms with Gasteiger partial charge in [-0.05, 0) is 44.7 Å². The Bertz CT molecular complexity index is 221. The summed E-state index contributed by atoms with van der Waals surface area (Å²) >= 11 is 0. The standard InChI is InChI=1S/C15H30N2/c1-6-9-17(15-7-8-15)14(5)13(4)11-16-10-12(2)3/h6,12-16H,1,7-11H2,2-5H3. The lowest BCUT2D eigenvalue weighted by Gasteiger charge is -2.32. The van der Waals surface area contributed by atoms with Gasteiger partial charge in [-0.25, -0.2) is 0 Å². The van der Waals surface area contributed by atoms with Gasteiger partial charge in [-0.2, -0.15) is 0 Å². The van der Waals surface area contributed by atoms with E-state index in [4.69, 9.17) is 0 Å². The molecule has 0 spiro atoms. The molecule has 2 unspecified atom stereocenters. The second-order valence-corrected chi connectivity index (χ2v) is 5.99. The Balaban J connectivity index is 2.32. The Morgan fingerprint density at radius 3 is 2.35 bits per heavy atom. The zero-order valence-corrected chi connectivity index (χ0v) is 12.1. The highest BCUT2D eigenvalue weighted by molar-refractivity contribution is 4.92. The van der Waals surface area contributed by atoms with Gasteiger partial charge in [0.1, 0.15) is 0 Å². The van der Waals surface area contributed by atoms with Gasteiger partial charge in [0.15, 0.2) is 0 Å². The normalized spacial score (nSPS) is 19.6. The molecule has 2 nitrogen and oxygen atoms in total. The molecule has 2 heteroatoms. The Morgan fingerprint density at radius 1 is 1.24 bits per heavy atom. The summed E-state index contributed by atoms with van der Waals surface area (Å²) < 4.78 is 0. The van der Waals surface area contributed by atoms with Crippen molar-refractivity contribution in [3.05, 3.63) is 12.7 Å². The van der Waals surface area contributed by atoms with E-state index >= 15 is 0 Å². The van der Waals surface area contributed by atoms with E-state index in [0.717, 1.165) is 31.6 Å². The Morgan fingerprint density at radius 2 is 1.88 bits per heavy atom. The Labute approximate surface area is 107 Å². The number of rotatable bonds is 9. The Kier molecular flexibility index (Phi) is 6.21. The van der Waals surface area contributed by atoms with Gasteiger partial charge in [0.25, 0.3) is 0 Å². The average Bonchev–Trinajstić information content (AvgIpc) is 3.08. The third-order valence-electron chi connectivity index (χ3n) is 3.72. The van der Waals surface area contributed by atoms with Gasteiger partial charge in [-0.3, -0.25) is 4.90 Å². The highest BCUT2D eigenvalue weighted by Crippen LogP contribution is 2.30. The van der Waals surface area contributed by atoms with Crippen LogP contribution in [0.3, 0.4) is 0 Å². The second kappa shape index (κ2) is 7.17. The summed E-state index contributed by atoms with van der Waals surface area (Å²) in [6, 6.07) is 1.48. The summed E-state index contributed by atoms with van der Waals surface area (Å²) in [7, 11) is 0. The van der Waals surface area contributed by atoms with E-state index in [1.165, 1.54) is 12.8 Å². The molecule has 1 N–H and O–H groups in total. The molecule has 0 aromatic heterocycles. The van der Waals surface area contributed by atoms with Gasteiger partial charge in [0.2, 0.25) is 0 Å². The average molecular weight is 238 g/mol. The third-order valence-corrected chi connectivity index (χ3v) is 3.72. The molecular weight excluding hydrogens is 208 g/mol. The molecule has 0 aromatic rings. The van der Waals surface area contributed by atoms with Gasteiger partial charge in [0, 0.05) is 18.6 Å². The summed E-state index contributed by atoms with van der Waals surface area (Å²) in [6.45, 7) is 16.4. The van der Waals surface area contributed by atoms with Crippen LogP contribution in [0.15, 0.2) is 12.7 Å². The zero-order chi connectivity index (χ0) is 12.8. The van der Waals surface area contributed by atoms with Crippen LogP contribution in [0, 0.1) is 11.8 Å². The molecule has 1 aliphatic rings. The van der Waals surface area contributed by atoms with Crippen molar-refractivity contribution < 1.29 is 0 Å². The molecule has 1 fully saturated rings. The molecule has 100 valence electrons. The van der Waals surface area contributed by atoms with Crippen LogP contribution < -0.4 is 5.32 Å². The summed E-state index contributed by atoms with van der Waals surface area (Å²) in [5, 5.41) is 3.57. The first kappa shape index (κ1) is 14.7. The summed E-state index contributed by atoms with van der Waals surface area (Å²) in [5.74, 6) is 1.44. The SMILES string of the molecule is C=CCN(C1CC1)C(C)C(C)CNCC(C)C. The summed E-state index contributed by atoms with van der Waals surface area (Å²) in [6.07, 6.45) is 4.80. The molecule has 0 aliphatic heterocycles. The molecule has 0 heterocycles. The van der Waals surface area contributed by atoms with E-state index in [-0.39, 0.29) is 0 Å². The van der Waals surface area contributed by atoms with Gasteiger partial charge in [0.05, 0.1) is 0 Å². The van der Waals surface area contributed by atoms with Crippen molar-refractivity contribution in [2.24, 2.45) is 11.8 Å². The highest BCUT2D eigenvalue weighted by atomic mass is 15.2. The van der Waals surface area contributed by atoms with Crippen LogP contribution in [0.5, 0.6) is 0 Å². The first-order chi connectivity index (χ1) is 8.06. The monoisotopic (exact) mass is 238 g/mol. The van der Waals surface area contributed by atoms with Crippen LogP contribution in [-0.2, 0) is 0 Å². The molecule has 1 saturated carbocycles. The fourth-order valence-electron chi connectivity index (χ4n) is 2.30. The third kappa shape index (κ3) is 5.22. The van der Waals surface area contributed by atoms with Crippen molar-refractivity contribution >= 4 is 0 Å². The van der Waals surface area contributed by atoms with E-state index in [9.17, 15) is 0 Å². The van der Waals surface area contributed by atoms with Gasteiger partial charge in [-0.1, -0.05) is 26.8 Å². The van der Waals surface area contributed by atoms with Crippen LogP contribution in [0.2, 0.25) is 0 Å². The van der Waals surface area contributed by atoms with Crippen LogP contribution in [0.25, 0.3) is 0 Å². The zero-order valence-electron chi connectivity index (χ0n) is 12.1. The molecule has 0 amide bonds. The maximum absolute atomic E-state index is 3.88. The number of hydrogen-bond acceptors (Lipinski definition) is 2. The molecule has 1 aliphatic carbocycles. The number of hydrogen-bond donors (Lipinski definition) is 1. The minimum atomic E-state index is 0.653. The molecule has 0 radical (unpaired) electrons. The molecule has 0 bridgehead atoms. The van der Waals surface area contributed by atoms with Crippen molar-refractivity contribution in [2.45, 2.75) is 52.6 Å². The lowest BCUT2D eigenvalue weighted by atomic mass is 10.0. The Hall–Kier alpha value is -0.340. The first-order valence-electron chi connectivity index (χ1n) is 7.13. The molecular formula is C15H30N2. The van der Waals surface area contributed by atoms with Crippen LogP contribution in [-0.4, -0.2) is 36.6 Å². The fourth-order valence-corrected chi connectivity index (χ4v) is 2.30. The van der Waals surface area contributed by atoms with Crippen LogP contribution in [0.4, 0.5) is 0 Å². The molecule has 0 aromatic carbocycles. The van der Waals surface area contributed by atoms with E-state index in [1.807, 2.05) is 6.08 Å². The van der Waals surface area contributed by atoms with Gasteiger partial charge in [-0.15, -0.1) is 6.58 Å². The van der Waals surface area contributed by atoms with Crippen molar-refractivity contribution in [2.75, 3.05) is 19.6 Å². The van der Waals surface area contributed by atoms with Crippen LogP contribution in [0.1, 0.15) is 40.5 Å². The summed E-state index contributed by atoms with van der Waals surface area (Å²) in [4.78, 5) is 2.62. The second-order valence-electron chi connectivity index (χ2n) is 5.99. The largest absolute Gasteiger partial charge is 0.316 e. The molecule has 2 atom stereocenters. The lowest BCUT2D eigenvalue weighted by Crippen LogP contribution is -2.43. The van der Waals surface area contributed by atoms with Crippen molar-refractivity contribution in [1.29, 1.82) is 0 Å². The topological polar surface area (TPSA) is 15.3 Å². The number of nitrogens with one attached hydrogen (secondary N) is 1. The maximum atomic E-state index is 3.88. The minimum absolute atomic E-state index is 0.653. The maximum Gasteiger partial charge on any atom is 0.0166 e. The van der Waals surface area contributed by atoms with E-state index < -0.39 is 0 Å². The molecule has 0 saturated heterocycles. The smallest absolute Gasteiger partial charge is 0.0166 e. The van der Waals surface area contributed by atoms with E-state index in [1.54, 1.807) is 0 Å². The predicted molar refractivity (Wildman–Crippen MR) is 76.3 cm³/mol. The van der Waals surface area contributed by atoms with Gasteiger partial charge < -0.3 is 5.32 Å². The van der Waals surface area contributed by atoms with Crippen molar-refractivity contribution in [3.63, 3.8) is 0 Å². The predicted octanol–water partition coefficient (Wildman–Crippen LogP) is 2.91. The van der Waals surface area contributed by atoms with Gasteiger partial charge >= 0.3 is 0 Å². The van der Waals surface area contributed by atoms with Crippen LogP contribution >= 0.6 is 0 Å². The quantitative estimate of drug-likeness (QED) is 0.621.